The van der Waals surface area contributed by atoms with E-state index in [0.29, 0.717) is 6.42 Å². The van der Waals surface area contributed by atoms with Gasteiger partial charge in [0.15, 0.2) is 5.34 Å². The van der Waals surface area contributed by atoms with Crippen molar-refractivity contribution in [3.05, 3.63) is 0 Å². The molecule has 0 aromatic rings. The van der Waals surface area contributed by atoms with Crippen molar-refractivity contribution in [2.75, 3.05) is 0 Å². The Morgan fingerprint density at radius 2 is 1.95 bits per heavy atom. The molecule has 6 unspecified atom stereocenters. The summed E-state index contributed by atoms with van der Waals surface area (Å²) in [5.41, 5.74) is -0.863. The van der Waals surface area contributed by atoms with E-state index in [9.17, 15) is 14.6 Å². The molecule has 0 aliphatic carbocycles. The van der Waals surface area contributed by atoms with E-state index in [2.05, 4.69) is 0 Å². The van der Waals surface area contributed by atoms with Crippen molar-refractivity contribution in [1.82, 2.24) is 0 Å². The van der Waals surface area contributed by atoms with E-state index in [1.165, 1.54) is 6.92 Å². The lowest BCUT2D eigenvalue weighted by molar-refractivity contribution is -0.0634. The van der Waals surface area contributed by atoms with Gasteiger partial charge in [-0.25, -0.2) is 0 Å². The molecule has 0 aromatic heterocycles. The topological polar surface area (TPSA) is 76.0 Å². The molecular formula is C14H28BO5P. The molecule has 0 saturated carbocycles. The SMILES string of the molecule is [B]C1CCC(C(C)C(C)(CC)OP(=O)(O)C(C)(O)CC)O1. The Morgan fingerprint density at radius 1 is 1.38 bits per heavy atom. The first-order valence-electron chi connectivity index (χ1n) is 7.66. The summed E-state index contributed by atoms with van der Waals surface area (Å²) in [5.74, 6) is -0.107. The average molecular weight is 318 g/mol. The van der Waals surface area contributed by atoms with Crippen LogP contribution in [0, 0.1) is 5.92 Å². The molecular weight excluding hydrogens is 290 g/mol. The van der Waals surface area contributed by atoms with Gasteiger partial charge in [-0.15, -0.1) is 0 Å². The van der Waals surface area contributed by atoms with Crippen molar-refractivity contribution in [2.24, 2.45) is 5.92 Å². The van der Waals surface area contributed by atoms with Crippen molar-refractivity contribution < 1.29 is 23.8 Å². The molecule has 2 radical (unpaired) electrons. The van der Waals surface area contributed by atoms with Gasteiger partial charge in [-0.2, -0.15) is 0 Å². The summed E-state index contributed by atoms with van der Waals surface area (Å²) in [6, 6.07) is -0.279. The lowest BCUT2D eigenvalue weighted by Crippen LogP contribution is -2.43. The number of ether oxygens (including phenoxy) is 1. The fraction of sp³-hybridized carbons (Fsp3) is 1.00. The number of hydrogen-bond donors (Lipinski definition) is 2. The van der Waals surface area contributed by atoms with Crippen molar-refractivity contribution in [2.45, 2.75) is 83.4 Å². The largest absolute Gasteiger partial charge is 0.384 e. The van der Waals surface area contributed by atoms with Crippen molar-refractivity contribution in [1.29, 1.82) is 0 Å². The average Bonchev–Trinajstić information content (AvgIpc) is 2.83. The Bertz CT molecular complexity index is 403. The summed E-state index contributed by atoms with van der Waals surface area (Å²) >= 11 is 0. The summed E-state index contributed by atoms with van der Waals surface area (Å²) in [5, 5.41) is 8.36. The zero-order chi connectivity index (χ0) is 16.5. The fourth-order valence-corrected chi connectivity index (χ4v) is 3.96. The van der Waals surface area contributed by atoms with E-state index in [1.807, 2.05) is 13.8 Å². The van der Waals surface area contributed by atoms with E-state index >= 15 is 0 Å². The summed E-state index contributed by atoms with van der Waals surface area (Å²) < 4.78 is 23.7. The van der Waals surface area contributed by atoms with Gasteiger partial charge >= 0.3 is 7.60 Å². The number of rotatable bonds is 7. The highest BCUT2D eigenvalue weighted by Crippen LogP contribution is 2.59. The van der Waals surface area contributed by atoms with Crippen LogP contribution in [0.4, 0.5) is 0 Å². The highest BCUT2D eigenvalue weighted by atomic mass is 31.2. The first-order valence-corrected chi connectivity index (χ1v) is 9.24. The Balaban J connectivity index is 2.92. The predicted molar refractivity (Wildman–Crippen MR) is 83.3 cm³/mol. The molecule has 0 spiro atoms. The molecule has 1 saturated heterocycles. The third-order valence-electron chi connectivity index (χ3n) is 4.92. The normalized spacial score (nSPS) is 32.9. The van der Waals surface area contributed by atoms with Crippen molar-refractivity contribution in [3.8, 4) is 0 Å². The van der Waals surface area contributed by atoms with Gasteiger partial charge in [-0.1, -0.05) is 20.8 Å². The minimum atomic E-state index is -4.17. The quantitative estimate of drug-likeness (QED) is 0.557. The Hall–Kier alpha value is 0.135. The lowest BCUT2D eigenvalue weighted by atomic mass is 9.83. The van der Waals surface area contributed by atoms with Crippen molar-refractivity contribution >= 4 is 15.4 Å². The standard InChI is InChI=1S/C14H28BO5P/c1-6-13(4,10(3)11-8-9-12(15)19-11)20-21(17,18)14(5,16)7-2/h10-12,16H,6-9H2,1-5H3,(H,17,18). The van der Waals surface area contributed by atoms with Crippen LogP contribution < -0.4 is 0 Å². The number of hydrogen-bond acceptors (Lipinski definition) is 4. The van der Waals surface area contributed by atoms with E-state index in [1.54, 1.807) is 13.8 Å². The van der Waals surface area contributed by atoms with E-state index in [4.69, 9.17) is 17.1 Å². The molecule has 0 amide bonds. The molecule has 7 heteroatoms. The van der Waals surface area contributed by atoms with Gasteiger partial charge in [0.2, 0.25) is 0 Å². The molecule has 1 aliphatic heterocycles. The molecule has 6 atom stereocenters. The van der Waals surface area contributed by atoms with Gasteiger partial charge in [0.05, 0.1) is 11.7 Å². The maximum absolute atomic E-state index is 12.4. The molecule has 1 fully saturated rings. The van der Waals surface area contributed by atoms with Gasteiger partial charge in [-0.3, -0.25) is 9.09 Å². The van der Waals surface area contributed by atoms with Crippen LogP contribution in [0.2, 0.25) is 0 Å². The maximum atomic E-state index is 12.4. The van der Waals surface area contributed by atoms with E-state index in [-0.39, 0.29) is 24.4 Å². The second-order valence-electron chi connectivity index (χ2n) is 6.43. The smallest absolute Gasteiger partial charge is 0.359 e. The first-order chi connectivity index (χ1) is 9.49. The van der Waals surface area contributed by atoms with Gasteiger partial charge in [0.25, 0.3) is 0 Å². The van der Waals surface area contributed by atoms with Gasteiger partial charge < -0.3 is 14.7 Å². The molecule has 0 bridgehead atoms. The highest BCUT2D eigenvalue weighted by molar-refractivity contribution is 7.54. The zero-order valence-electron chi connectivity index (χ0n) is 13.7. The third-order valence-corrected chi connectivity index (χ3v) is 7.12. The molecule has 1 rings (SSSR count). The monoisotopic (exact) mass is 318 g/mol. The Labute approximate surface area is 129 Å². The second kappa shape index (κ2) is 6.71. The van der Waals surface area contributed by atoms with Crippen LogP contribution in [0.5, 0.6) is 0 Å². The molecule has 21 heavy (non-hydrogen) atoms. The second-order valence-corrected chi connectivity index (χ2v) is 8.61. The van der Waals surface area contributed by atoms with E-state index in [0.717, 1.165) is 12.8 Å². The molecule has 122 valence electrons. The molecule has 1 heterocycles. The van der Waals surface area contributed by atoms with Gasteiger partial charge in [0.1, 0.15) is 7.85 Å². The van der Waals surface area contributed by atoms with Crippen LogP contribution in [0.1, 0.15) is 60.3 Å². The summed E-state index contributed by atoms with van der Waals surface area (Å²) in [6.45, 7) is 8.60. The fourth-order valence-electron chi connectivity index (χ4n) is 2.50. The molecule has 1 aliphatic rings. The summed E-state index contributed by atoms with van der Waals surface area (Å²) in [7, 11) is 1.58. The predicted octanol–water partition coefficient (Wildman–Crippen LogP) is 2.79. The Morgan fingerprint density at radius 3 is 2.33 bits per heavy atom. The van der Waals surface area contributed by atoms with E-state index < -0.39 is 18.5 Å². The minimum Gasteiger partial charge on any atom is -0.384 e. The summed E-state index contributed by atoms with van der Waals surface area (Å²) in [4.78, 5) is 10.2. The van der Waals surface area contributed by atoms with Crippen LogP contribution in [0.3, 0.4) is 0 Å². The number of aliphatic hydroxyl groups is 1. The minimum absolute atomic E-state index is 0.100. The Kier molecular flexibility index (Phi) is 6.13. The third kappa shape index (κ3) is 4.11. The van der Waals surface area contributed by atoms with Gasteiger partial charge in [0, 0.05) is 11.9 Å². The van der Waals surface area contributed by atoms with Crippen LogP contribution in [0.15, 0.2) is 0 Å². The zero-order valence-corrected chi connectivity index (χ0v) is 14.6. The summed E-state index contributed by atoms with van der Waals surface area (Å²) in [6.07, 6.45) is 2.16. The molecule has 5 nitrogen and oxygen atoms in total. The lowest BCUT2D eigenvalue weighted by Gasteiger charge is -2.41. The van der Waals surface area contributed by atoms with Gasteiger partial charge in [-0.05, 0) is 39.5 Å². The maximum Gasteiger partial charge on any atom is 0.359 e. The molecule has 2 N–H and O–H groups in total. The molecule has 0 aromatic carbocycles. The van der Waals surface area contributed by atoms with Crippen LogP contribution in [-0.4, -0.2) is 40.9 Å². The first kappa shape index (κ1) is 19.2. The van der Waals surface area contributed by atoms with Crippen LogP contribution >= 0.6 is 7.60 Å². The van der Waals surface area contributed by atoms with Crippen LogP contribution in [0.25, 0.3) is 0 Å². The van der Waals surface area contributed by atoms with Crippen molar-refractivity contribution in [3.63, 3.8) is 0 Å². The van der Waals surface area contributed by atoms with Crippen LogP contribution in [-0.2, 0) is 13.8 Å². The highest BCUT2D eigenvalue weighted by Gasteiger charge is 2.49.